The van der Waals surface area contributed by atoms with Gasteiger partial charge in [-0.2, -0.15) is 0 Å². The van der Waals surface area contributed by atoms with Crippen molar-refractivity contribution in [2.75, 3.05) is 37.9 Å². The van der Waals surface area contributed by atoms with Crippen molar-refractivity contribution in [1.29, 1.82) is 0 Å². The quantitative estimate of drug-likeness (QED) is 0.645. The minimum absolute atomic E-state index is 0.000625. The fourth-order valence-corrected chi connectivity index (χ4v) is 4.87. The molecule has 2 rings (SSSR count). The van der Waals surface area contributed by atoms with E-state index in [0.717, 1.165) is 0 Å². The Kier molecular flexibility index (Phi) is 6.62. The number of esters is 1. The second kappa shape index (κ2) is 8.29. The van der Waals surface area contributed by atoms with E-state index in [-0.39, 0.29) is 47.9 Å². The molecule has 0 spiro atoms. The van der Waals surface area contributed by atoms with Gasteiger partial charge in [0, 0.05) is 25.8 Å². The minimum Gasteiger partial charge on any atom is -0.455 e. The maximum absolute atomic E-state index is 12.5. The van der Waals surface area contributed by atoms with Gasteiger partial charge in [0.05, 0.1) is 17.4 Å². The highest BCUT2D eigenvalue weighted by Gasteiger charge is 2.35. The SMILES string of the molecule is CC(C)CN(C(=O)COC(=O)C1CCOCC1)C1CCS(=O)(=O)C1. The predicted octanol–water partition coefficient (Wildman–Crippen LogP) is 0.628. The van der Waals surface area contributed by atoms with Crippen LogP contribution in [0.3, 0.4) is 0 Å². The molecule has 2 aliphatic heterocycles. The third kappa shape index (κ3) is 5.44. The monoisotopic (exact) mass is 361 g/mol. The van der Waals surface area contributed by atoms with E-state index < -0.39 is 9.84 Å². The van der Waals surface area contributed by atoms with Gasteiger partial charge in [0.25, 0.3) is 5.91 Å². The van der Waals surface area contributed by atoms with Crippen molar-refractivity contribution in [3.8, 4) is 0 Å². The standard InChI is InChI=1S/C16H27NO6S/c1-12(2)9-17(14-5-8-24(20,21)11-14)15(18)10-23-16(19)13-3-6-22-7-4-13/h12-14H,3-11H2,1-2H3. The van der Waals surface area contributed by atoms with Crippen LogP contribution in [0.1, 0.15) is 33.1 Å². The number of hydrogen-bond donors (Lipinski definition) is 0. The molecule has 0 saturated carbocycles. The zero-order valence-electron chi connectivity index (χ0n) is 14.4. The van der Waals surface area contributed by atoms with Crippen LogP contribution in [0, 0.1) is 11.8 Å². The molecule has 2 heterocycles. The molecule has 8 heteroatoms. The molecular formula is C16H27NO6S. The number of carbonyl (C=O) groups excluding carboxylic acids is 2. The summed E-state index contributed by atoms with van der Waals surface area (Å²) in [6.07, 6.45) is 1.68. The molecule has 24 heavy (non-hydrogen) atoms. The Labute approximate surface area is 143 Å². The lowest BCUT2D eigenvalue weighted by atomic mass is 10.0. The maximum atomic E-state index is 12.5. The van der Waals surface area contributed by atoms with Gasteiger partial charge in [0.2, 0.25) is 0 Å². The van der Waals surface area contributed by atoms with Crippen molar-refractivity contribution in [2.24, 2.45) is 11.8 Å². The fraction of sp³-hybridized carbons (Fsp3) is 0.875. The van der Waals surface area contributed by atoms with E-state index in [0.29, 0.717) is 39.0 Å². The van der Waals surface area contributed by atoms with E-state index in [4.69, 9.17) is 9.47 Å². The Morgan fingerprint density at radius 1 is 1.21 bits per heavy atom. The van der Waals surface area contributed by atoms with E-state index in [2.05, 4.69) is 0 Å². The van der Waals surface area contributed by atoms with Crippen LogP contribution in [0.4, 0.5) is 0 Å². The summed E-state index contributed by atoms with van der Waals surface area (Å²) in [6.45, 7) is 5.16. The number of amides is 1. The first-order valence-corrected chi connectivity index (χ1v) is 10.3. The summed E-state index contributed by atoms with van der Waals surface area (Å²) in [5, 5.41) is 0. The average Bonchev–Trinajstić information content (AvgIpc) is 2.90. The highest BCUT2D eigenvalue weighted by Crippen LogP contribution is 2.20. The molecule has 0 N–H and O–H groups in total. The van der Waals surface area contributed by atoms with E-state index in [9.17, 15) is 18.0 Å². The summed E-state index contributed by atoms with van der Waals surface area (Å²) >= 11 is 0. The first-order valence-electron chi connectivity index (χ1n) is 8.53. The lowest BCUT2D eigenvalue weighted by Gasteiger charge is -2.30. The molecule has 7 nitrogen and oxygen atoms in total. The molecular weight excluding hydrogens is 334 g/mol. The van der Waals surface area contributed by atoms with E-state index in [1.54, 1.807) is 4.90 Å². The number of nitrogens with zero attached hydrogens (tertiary/aromatic N) is 1. The number of hydrogen-bond acceptors (Lipinski definition) is 6. The zero-order valence-corrected chi connectivity index (χ0v) is 15.2. The molecule has 2 aliphatic rings. The maximum Gasteiger partial charge on any atom is 0.309 e. The highest BCUT2D eigenvalue weighted by molar-refractivity contribution is 7.91. The van der Waals surface area contributed by atoms with Gasteiger partial charge in [-0.3, -0.25) is 9.59 Å². The molecule has 0 aliphatic carbocycles. The summed E-state index contributed by atoms with van der Waals surface area (Å²) in [4.78, 5) is 26.1. The molecule has 2 saturated heterocycles. The lowest BCUT2D eigenvalue weighted by Crippen LogP contribution is -2.45. The molecule has 0 bridgehead atoms. The Hall–Kier alpha value is -1.15. The Morgan fingerprint density at radius 3 is 2.42 bits per heavy atom. The normalized spacial score (nSPS) is 24.0. The first-order chi connectivity index (χ1) is 11.3. The third-order valence-electron chi connectivity index (χ3n) is 4.42. The van der Waals surface area contributed by atoms with Crippen LogP contribution in [0.2, 0.25) is 0 Å². The molecule has 0 radical (unpaired) electrons. The summed E-state index contributed by atoms with van der Waals surface area (Å²) in [5.74, 6) is -0.567. The first kappa shape index (κ1) is 19.2. The third-order valence-corrected chi connectivity index (χ3v) is 6.17. The fourth-order valence-electron chi connectivity index (χ4n) is 3.14. The van der Waals surface area contributed by atoms with E-state index >= 15 is 0 Å². The van der Waals surface area contributed by atoms with Gasteiger partial charge < -0.3 is 14.4 Å². The summed E-state index contributed by atoms with van der Waals surface area (Å²) < 4.78 is 33.8. The molecule has 0 aromatic rings. The Balaban J connectivity index is 1.91. The zero-order chi connectivity index (χ0) is 17.7. The van der Waals surface area contributed by atoms with Gasteiger partial charge in [-0.1, -0.05) is 13.8 Å². The van der Waals surface area contributed by atoms with E-state index in [1.807, 2.05) is 13.8 Å². The highest BCUT2D eigenvalue weighted by atomic mass is 32.2. The second-order valence-electron chi connectivity index (χ2n) is 6.99. The Morgan fingerprint density at radius 2 is 1.88 bits per heavy atom. The number of carbonyl (C=O) groups is 2. The molecule has 0 aromatic carbocycles. The molecule has 138 valence electrons. The minimum atomic E-state index is -3.07. The van der Waals surface area contributed by atoms with Gasteiger partial charge >= 0.3 is 5.97 Å². The van der Waals surface area contributed by atoms with Crippen molar-refractivity contribution in [3.05, 3.63) is 0 Å². The molecule has 2 fully saturated rings. The lowest BCUT2D eigenvalue weighted by molar-refractivity contribution is -0.158. The second-order valence-corrected chi connectivity index (χ2v) is 9.22. The van der Waals surface area contributed by atoms with Gasteiger partial charge in [-0.05, 0) is 25.2 Å². The number of ether oxygens (including phenoxy) is 2. The average molecular weight is 361 g/mol. The van der Waals surface area contributed by atoms with Crippen LogP contribution in [0.5, 0.6) is 0 Å². The van der Waals surface area contributed by atoms with Crippen molar-refractivity contribution in [2.45, 2.75) is 39.2 Å². The van der Waals surface area contributed by atoms with Crippen LogP contribution < -0.4 is 0 Å². The van der Waals surface area contributed by atoms with Gasteiger partial charge in [0.1, 0.15) is 0 Å². The largest absolute Gasteiger partial charge is 0.455 e. The van der Waals surface area contributed by atoms with Crippen LogP contribution in [-0.2, 0) is 28.9 Å². The van der Waals surface area contributed by atoms with Gasteiger partial charge in [-0.15, -0.1) is 0 Å². The van der Waals surface area contributed by atoms with Gasteiger partial charge in [0.15, 0.2) is 16.4 Å². The van der Waals surface area contributed by atoms with Crippen molar-refractivity contribution < 1.29 is 27.5 Å². The molecule has 1 atom stereocenters. The van der Waals surface area contributed by atoms with Gasteiger partial charge in [-0.25, -0.2) is 8.42 Å². The topological polar surface area (TPSA) is 90.0 Å². The van der Waals surface area contributed by atoms with Crippen molar-refractivity contribution in [1.82, 2.24) is 4.90 Å². The number of sulfone groups is 1. The summed E-state index contributed by atoms with van der Waals surface area (Å²) in [6, 6.07) is -0.313. The summed E-state index contributed by atoms with van der Waals surface area (Å²) in [5.41, 5.74) is 0. The summed E-state index contributed by atoms with van der Waals surface area (Å²) in [7, 11) is -3.07. The van der Waals surface area contributed by atoms with Crippen molar-refractivity contribution in [3.63, 3.8) is 0 Å². The van der Waals surface area contributed by atoms with Crippen LogP contribution in [0.25, 0.3) is 0 Å². The molecule has 1 unspecified atom stereocenters. The Bertz CT molecular complexity index is 553. The number of rotatable bonds is 6. The molecule has 1 amide bonds. The molecule has 0 aromatic heterocycles. The van der Waals surface area contributed by atoms with E-state index in [1.165, 1.54) is 0 Å². The van der Waals surface area contributed by atoms with Crippen LogP contribution >= 0.6 is 0 Å². The van der Waals surface area contributed by atoms with Crippen LogP contribution in [0.15, 0.2) is 0 Å². The van der Waals surface area contributed by atoms with Crippen LogP contribution in [-0.4, -0.2) is 69.1 Å². The smallest absolute Gasteiger partial charge is 0.309 e. The van der Waals surface area contributed by atoms with Crippen molar-refractivity contribution >= 4 is 21.7 Å². The predicted molar refractivity (Wildman–Crippen MR) is 88.1 cm³/mol.